The van der Waals surface area contributed by atoms with Gasteiger partial charge in [-0.1, -0.05) is 12.1 Å². The number of nitrogens with one attached hydrogen (secondary N) is 2. The number of rotatable bonds is 7. The number of carbonyl (C=O) groups is 2. The van der Waals surface area contributed by atoms with Gasteiger partial charge in [0, 0.05) is 13.0 Å². The van der Waals surface area contributed by atoms with Crippen molar-refractivity contribution in [1.82, 2.24) is 10.3 Å². The number of hydrogen-bond acceptors (Lipinski definition) is 5. The van der Waals surface area contributed by atoms with Crippen molar-refractivity contribution in [2.45, 2.75) is 45.2 Å². The lowest BCUT2D eigenvalue weighted by molar-refractivity contribution is -0.928. The Bertz CT molecular complexity index is 897. The Kier molecular flexibility index (Phi) is 6.32. The van der Waals surface area contributed by atoms with Gasteiger partial charge in [-0.3, -0.25) is 14.5 Å². The third-order valence-corrected chi connectivity index (χ3v) is 5.93. The Morgan fingerprint density at radius 3 is 3.07 bits per heavy atom. The summed E-state index contributed by atoms with van der Waals surface area (Å²) in [5, 5.41) is 2.92. The Morgan fingerprint density at radius 2 is 2.20 bits per heavy atom. The van der Waals surface area contributed by atoms with Gasteiger partial charge in [0.1, 0.15) is 18.6 Å². The molecule has 1 aromatic heterocycles. The molecule has 0 aliphatic carbocycles. The van der Waals surface area contributed by atoms with Crippen LogP contribution in [0.5, 0.6) is 5.75 Å². The van der Waals surface area contributed by atoms with Crippen molar-refractivity contribution < 1.29 is 23.6 Å². The van der Waals surface area contributed by atoms with Gasteiger partial charge in [0.05, 0.1) is 24.8 Å². The lowest BCUT2D eigenvalue weighted by atomic mass is 10.0. The highest BCUT2D eigenvalue weighted by Gasteiger charge is 2.27. The maximum absolute atomic E-state index is 12.4. The maximum atomic E-state index is 12.4. The van der Waals surface area contributed by atoms with Gasteiger partial charge in [-0.05, 0) is 38.3 Å². The zero-order valence-corrected chi connectivity index (χ0v) is 17.4. The zero-order valence-electron chi connectivity index (χ0n) is 17.4. The normalized spacial score (nSPS) is 21.1. The molecule has 1 saturated heterocycles. The SMILES string of the molecule is C[C@@H]1CCCC[NH+]1CCCNC(=O)c1coc(CN2C(=O)COc3ccccc32)n1. The Morgan fingerprint density at radius 1 is 1.33 bits per heavy atom. The number of carbonyl (C=O) groups excluding carboxylic acids is 2. The maximum Gasteiger partial charge on any atom is 0.273 e. The smallest absolute Gasteiger partial charge is 0.273 e. The molecule has 2 aliphatic heterocycles. The van der Waals surface area contributed by atoms with Gasteiger partial charge < -0.3 is 19.4 Å². The first-order chi connectivity index (χ1) is 14.6. The Balaban J connectivity index is 1.28. The summed E-state index contributed by atoms with van der Waals surface area (Å²) in [4.78, 5) is 32.1. The van der Waals surface area contributed by atoms with Gasteiger partial charge in [-0.15, -0.1) is 0 Å². The first kappa shape index (κ1) is 20.4. The summed E-state index contributed by atoms with van der Waals surface area (Å²) in [5.74, 6) is 0.538. The van der Waals surface area contributed by atoms with Crippen LogP contribution >= 0.6 is 0 Å². The van der Waals surface area contributed by atoms with Crippen LogP contribution in [0.4, 0.5) is 5.69 Å². The second kappa shape index (κ2) is 9.30. The average molecular weight is 413 g/mol. The van der Waals surface area contributed by atoms with E-state index >= 15 is 0 Å². The van der Waals surface area contributed by atoms with E-state index in [9.17, 15) is 9.59 Å². The van der Waals surface area contributed by atoms with E-state index in [4.69, 9.17) is 9.15 Å². The van der Waals surface area contributed by atoms with Crippen LogP contribution in [0.2, 0.25) is 0 Å². The molecule has 0 saturated carbocycles. The molecule has 1 fully saturated rings. The summed E-state index contributed by atoms with van der Waals surface area (Å²) < 4.78 is 10.9. The van der Waals surface area contributed by atoms with Gasteiger partial charge >= 0.3 is 0 Å². The number of quaternary nitrogens is 1. The summed E-state index contributed by atoms with van der Waals surface area (Å²) in [6, 6.07) is 8.03. The molecule has 8 heteroatoms. The number of aromatic nitrogens is 1. The fraction of sp³-hybridized carbons (Fsp3) is 0.500. The fourth-order valence-corrected chi connectivity index (χ4v) is 4.18. The monoisotopic (exact) mass is 413 g/mol. The lowest BCUT2D eigenvalue weighted by Gasteiger charge is -2.30. The second-order valence-electron chi connectivity index (χ2n) is 8.03. The molecule has 2 atom stereocenters. The topological polar surface area (TPSA) is 89.1 Å². The van der Waals surface area contributed by atoms with Crippen LogP contribution in [0.3, 0.4) is 0 Å². The lowest BCUT2D eigenvalue weighted by Crippen LogP contribution is -3.16. The van der Waals surface area contributed by atoms with Crippen molar-refractivity contribution in [3.63, 3.8) is 0 Å². The highest BCUT2D eigenvalue weighted by Crippen LogP contribution is 2.32. The highest BCUT2D eigenvalue weighted by atomic mass is 16.5. The van der Waals surface area contributed by atoms with Crippen molar-refractivity contribution >= 4 is 17.5 Å². The van der Waals surface area contributed by atoms with Crippen LogP contribution < -0.4 is 19.9 Å². The third kappa shape index (κ3) is 4.64. The van der Waals surface area contributed by atoms with Gasteiger partial charge in [-0.25, -0.2) is 4.98 Å². The van der Waals surface area contributed by atoms with E-state index < -0.39 is 0 Å². The molecule has 0 spiro atoms. The minimum atomic E-state index is -0.250. The number of benzene rings is 1. The predicted molar refractivity (Wildman–Crippen MR) is 111 cm³/mol. The molecule has 1 unspecified atom stereocenters. The van der Waals surface area contributed by atoms with Crippen LogP contribution in [0, 0.1) is 0 Å². The quantitative estimate of drug-likeness (QED) is 0.666. The number of para-hydroxylation sites is 2. The standard InChI is InChI=1S/C22H28N4O4/c1-16-7-4-5-11-25(16)12-6-10-23-22(28)17-14-30-20(24-17)13-26-18-8-2-3-9-19(18)29-15-21(26)27/h2-3,8-9,14,16H,4-7,10-13,15H2,1H3,(H,23,28)/p+1/t16-/m1/s1. The van der Waals surface area contributed by atoms with Crippen LogP contribution in [0.1, 0.15) is 49.0 Å². The van der Waals surface area contributed by atoms with E-state index in [0.29, 0.717) is 29.9 Å². The number of hydrogen-bond donors (Lipinski definition) is 2. The van der Waals surface area contributed by atoms with E-state index in [2.05, 4.69) is 17.2 Å². The molecule has 0 bridgehead atoms. The number of amides is 2. The predicted octanol–water partition coefficient (Wildman–Crippen LogP) is 1.18. The first-order valence-electron chi connectivity index (χ1n) is 10.7. The van der Waals surface area contributed by atoms with E-state index in [0.717, 1.165) is 13.0 Å². The van der Waals surface area contributed by atoms with Gasteiger partial charge in [0.25, 0.3) is 11.8 Å². The molecular formula is C22H29N4O4+. The van der Waals surface area contributed by atoms with E-state index in [1.54, 1.807) is 9.80 Å². The summed E-state index contributed by atoms with van der Waals surface area (Å²) in [6.45, 7) is 5.36. The van der Waals surface area contributed by atoms with Crippen molar-refractivity contribution in [3.8, 4) is 5.75 Å². The Hall–Kier alpha value is -2.87. The molecular weight excluding hydrogens is 384 g/mol. The highest BCUT2D eigenvalue weighted by molar-refractivity contribution is 5.97. The molecule has 2 aromatic rings. The van der Waals surface area contributed by atoms with Crippen LogP contribution in [-0.4, -0.2) is 49.1 Å². The molecule has 2 N–H and O–H groups in total. The molecule has 4 rings (SSSR count). The number of ether oxygens (including phenoxy) is 1. The van der Waals surface area contributed by atoms with Crippen LogP contribution in [0.15, 0.2) is 34.9 Å². The van der Waals surface area contributed by atoms with Crippen molar-refractivity contribution in [3.05, 3.63) is 42.1 Å². The summed E-state index contributed by atoms with van der Waals surface area (Å²) in [7, 11) is 0. The van der Waals surface area contributed by atoms with E-state index in [-0.39, 0.29) is 30.7 Å². The fourth-order valence-electron chi connectivity index (χ4n) is 4.18. The summed E-state index contributed by atoms with van der Waals surface area (Å²) >= 11 is 0. The van der Waals surface area contributed by atoms with Gasteiger partial charge in [0.15, 0.2) is 12.3 Å². The third-order valence-electron chi connectivity index (χ3n) is 5.93. The largest absolute Gasteiger partial charge is 0.482 e. The number of fused-ring (bicyclic) bond motifs is 1. The van der Waals surface area contributed by atoms with Crippen molar-refractivity contribution in [2.75, 3.05) is 31.1 Å². The second-order valence-corrected chi connectivity index (χ2v) is 8.03. The number of piperidine rings is 1. The van der Waals surface area contributed by atoms with Crippen LogP contribution in [-0.2, 0) is 11.3 Å². The molecule has 30 heavy (non-hydrogen) atoms. The molecule has 160 valence electrons. The molecule has 2 amide bonds. The van der Waals surface area contributed by atoms with Crippen LogP contribution in [0.25, 0.3) is 0 Å². The van der Waals surface area contributed by atoms with E-state index in [1.807, 2.05) is 24.3 Å². The Labute approximate surface area is 176 Å². The summed E-state index contributed by atoms with van der Waals surface area (Å²) in [6.07, 6.45) is 6.20. The average Bonchev–Trinajstić information content (AvgIpc) is 3.23. The van der Waals surface area contributed by atoms with Gasteiger partial charge in [0.2, 0.25) is 5.89 Å². The molecule has 3 heterocycles. The zero-order chi connectivity index (χ0) is 20.9. The number of anilines is 1. The molecule has 8 nitrogen and oxygen atoms in total. The number of oxazole rings is 1. The van der Waals surface area contributed by atoms with Crippen molar-refractivity contribution in [2.24, 2.45) is 0 Å². The minimum Gasteiger partial charge on any atom is -0.482 e. The van der Waals surface area contributed by atoms with Gasteiger partial charge in [-0.2, -0.15) is 0 Å². The van der Waals surface area contributed by atoms with Crippen molar-refractivity contribution in [1.29, 1.82) is 0 Å². The number of likely N-dealkylation sites (tertiary alicyclic amines) is 1. The molecule has 1 aromatic carbocycles. The molecule has 2 aliphatic rings. The first-order valence-corrected chi connectivity index (χ1v) is 10.7. The summed E-state index contributed by atoms with van der Waals surface area (Å²) in [5.41, 5.74) is 0.907. The number of nitrogens with zero attached hydrogens (tertiary/aromatic N) is 2. The molecule has 0 radical (unpaired) electrons. The minimum absolute atomic E-state index is 0.0251. The van der Waals surface area contributed by atoms with E-state index in [1.165, 1.54) is 32.1 Å².